The number of halogens is 3. The van der Waals surface area contributed by atoms with E-state index in [-0.39, 0.29) is 16.9 Å². The molecule has 0 aliphatic carbocycles. The molecular weight excluding hydrogens is 284 g/mol. The summed E-state index contributed by atoms with van der Waals surface area (Å²) in [7, 11) is 3.24. The van der Waals surface area contributed by atoms with Crippen molar-refractivity contribution >= 4 is 11.6 Å². The minimum absolute atomic E-state index is 0.0260. The summed E-state index contributed by atoms with van der Waals surface area (Å²) in [6.07, 6.45) is 0. The summed E-state index contributed by atoms with van der Waals surface area (Å²) in [6, 6.07) is 8.33. The van der Waals surface area contributed by atoms with Crippen LogP contribution in [0, 0.1) is 11.6 Å². The smallest absolute Gasteiger partial charge is 0.141 e. The molecule has 1 atom stereocenters. The fourth-order valence-electron chi connectivity index (χ4n) is 2.12. The molecule has 0 aromatic heterocycles. The lowest BCUT2D eigenvalue weighted by Crippen LogP contribution is -2.18. The third-order valence-electron chi connectivity index (χ3n) is 3.07. The quantitative estimate of drug-likeness (QED) is 0.923. The fourth-order valence-corrected chi connectivity index (χ4v) is 2.31. The van der Waals surface area contributed by atoms with E-state index in [0.29, 0.717) is 11.3 Å². The van der Waals surface area contributed by atoms with Crippen molar-refractivity contribution in [3.63, 3.8) is 0 Å². The van der Waals surface area contributed by atoms with Crippen molar-refractivity contribution in [3.05, 3.63) is 64.2 Å². The molecule has 0 spiro atoms. The van der Waals surface area contributed by atoms with Gasteiger partial charge in [0, 0.05) is 5.56 Å². The average molecular weight is 298 g/mol. The number of ether oxygens (including phenoxy) is 1. The Balaban J connectivity index is 2.51. The maximum Gasteiger partial charge on any atom is 0.141 e. The lowest BCUT2D eigenvalue weighted by Gasteiger charge is -2.20. The Bertz CT molecular complexity index is 619. The van der Waals surface area contributed by atoms with Crippen LogP contribution >= 0.6 is 11.6 Å². The summed E-state index contributed by atoms with van der Waals surface area (Å²) in [5.41, 5.74) is 1.35. The molecule has 0 aliphatic rings. The Labute approximate surface area is 121 Å². The van der Waals surface area contributed by atoms with Gasteiger partial charge in [-0.3, -0.25) is 0 Å². The summed E-state index contributed by atoms with van der Waals surface area (Å²) in [4.78, 5) is 0. The lowest BCUT2D eigenvalue weighted by atomic mass is 9.97. The number of nitrogens with one attached hydrogen (secondary N) is 1. The molecule has 0 amide bonds. The van der Waals surface area contributed by atoms with Crippen molar-refractivity contribution in [3.8, 4) is 5.75 Å². The van der Waals surface area contributed by atoms with E-state index in [1.165, 1.54) is 31.4 Å². The molecule has 0 heterocycles. The van der Waals surface area contributed by atoms with Crippen molar-refractivity contribution < 1.29 is 13.5 Å². The number of rotatable bonds is 4. The van der Waals surface area contributed by atoms with Crippen LogP contribution in [0.1, 0.15) is 17.2 Å². The van der Waals surface area contributed by atoms with E-state index in [4.69, 9.17) is 16.3 Å². The third kappa shape index (κ3) is 2.92. The van der Waals surface area contributed by atoms with Crippen molar-refractivity contribution in [2.24, 2.45) is 0 Å². The Morgan fingerprint density at radius 1 is 1.15 bits per heavy atom. The van der Waals surface area contributed by atoms with E-state index >= 15 is 0 Å². The summed E-state index contributed by atoms with van der Waals surface area (Å²) in [5.74, 6) is -0.308. The summed E-state index contributed by atoms with van der Waals surface area (Å²) in [5, 5.41) is 3.08. The van der Waals surface area contributed by atoms with Crippen molar-refractivity contribution in [2.45, 2.75) is 6.04 Å². The predicted molar refractivity (Wildman–Crippen MR) is 75.3 cm³/mol. The Morgan fingerprint density at radius 3 is 2.50 bits per heavy atom. The van der Waals surface area contributed by atoms with Gasteiger partial charge in [0.15, 0.2) is 0 Å². The van der Waals surface area contributed by atoms with Gasteiger partial charge in [-0.1, -0.05) is 17.7 Å². The molecular formula is C15H14ClF2NO. The van der Waals surface area contributed by atoms with Crippen LogP contribution in [-0.2, 0) is 0 Å². The molecule has 0 saturated carbocycles. The second-order valence-corrected chi connectivity index (χ2v) is 4.69. The van der Waals surface area contributed by atoms with E-state index in [1.807, 2.05) is 0 Å². The Kier molecular flexibility index (Phi) is 4.57. The minimum atomic E-state index is -0.489. The molecule has 0 fully saturated rings. The normalized spacial score (nSPS) is 12.2. The van der Waals surface area contributed by atoms with Gasteiger partial charge in [-0.05, 0) is 42.9 Å². The number of hydrogen-bond acceptors (Lipinski definition) is 2. The van der Waals surface area contributed by atoms with Gasteiger partial charge in [0.05, 0.1) is 18.2 Å². The first-order valence-electron chi connectivity index (χ1n) is 6.02. The fraction of sp³-hybridized carbons (Fsp3) is 0.200. The highest BCUT2D eigenvalue weighted by molar-refractivity contribution is 6.30. The molecule has 2 nitrogen and oxygen atoms in total. The monoisotopic (exact) mass is 297 g/mol. The van der Waals surface area contributed by atoms with Crippen molar-refractivity contribution in [1.82, 2.24) is 5.32 Å². The zero-order valence-corrected chi connectivity index (χ0v) is 11.8. The lowest BCUT2D eigenvalue weighted by molar-refractivity contribution is 0.404. The SMILES string of the molecule is CNC(c1ccc(F)c(Cl)c1)c1cc(F)ccc1OC. The molecule has 5 heteroatoms. The van der Waals surface area contributed by atoms with Crippen LogP contribution in [0.2, 0.25) is 5.02 Å². The highest BCUT2D eigenvalue weighted by Gasteiger charge is 2.18. The van der Waals surface area contributed by atoms with Crippen molar-refractivity contribution in [2.75, 3.05) is 14.2 Å². The van der Waals surface area contributed by atoms with Crippen molar-refractivity contribution in [1.29, 1.82) is 0 Å². The van der Waals surface area contributed by atoms with E-state index in [0.717, 1.165) is 5.56 Å². The van der Waals surface area contributed by atoms with Crippen LogP contribution in [0.4, 0.5) is 8.78 Å². The van der Waals surface area contributed by atoms with Gasteiger partial charge >= 0.3 is 0 Å². The van der Waals surface area contributed by atoms with Crippen LogP contribution in [0.3, 0.4) is 0 Å². The van der Waals surface area contributed by atoms with E-state index in [9.17, 15) is 8.78 Å². The van der Waals surface area contributed by atoms with Gasteiger partial charge in [0.2, 0.25) is 0 Å². The topological polar surface area (TPSA) is 21.3 Å². The number of benzene rings is 2. The van der Waals surface area contributed by atoms with E-state index in [1.54, 1.807) is 19.2 Å². The average Bonchev–Trinajstić information content (AvgIpc) is 2.44. The minimum Gasteiger partial charge on any atom is -0.496 e. The standard InChI is InChI=1S/C15H14ClF2NO/c1-19-15(9-3-5-13(18)12(16)7-9)11-8-10(17)4-6-14(11)20-2/h3-8,15,19H,1-2H3. The molecule has 0 saturated heterocycles. The third-order valence-corrected chi connectivity index (χ3v) is 3.36. The molecule has 2 aromatic carbocycles. The molecule has 20 heavy (non-hydrogen) atoms. The predicted octanol–water partition coefficient (Wildman–Crippen LogP) is 3.94. The highest BCUT2D eigenvalue weighted by Crippen LogP contribution is 2.32. The first-order valence-corrected chi connectivity index (χ1v) is 6.40. The second-order valence-electron chi connectivity index (χ2n) is 4.28. The van der Waals surface area contributed by atoms with Crippen LogP contribution in [0.15, 0.2) is 36.4 Å². The second kappa shape index (κ2) is 6.20. The Hall–Kier alpha value is -1.65. The van der Waals surface area contributed by atoms with Gasteiger partial charge < -0.3 is 10.1 Å². The molecule has 2 aromatic rings. The number of hydrogen-bond donors (Lipinski definition) is 1. The van der Waals surface area contributed by atoms with E-state index < -0.39 is 5.82 Å². The van der Waals surface area contributed by atoms with Gasteiger partial charge in [-0.2, -0.15) is 0 Å². The molecule has 2 rings (SSSR count). The van der Waals surface area contributed by atoms with E-state index in [2.05, 4.69) is 5.32 Å². The number of methoxy groups -OCH3 is 1. The molecule has 0 radical (unpaired) electrons. The zero-order valence-electron chi connectivity index (χ0n) is 11.1. The maximum atomic E-state index is 13.5. The first kappa shape index (κ1) is 14.8. The molecule has 1 N–H and O–H groups in total. The van der Waals surface area contributed by atoms with Gasteiger partial charge in [-0.15, -0.1) is 0 Å². The summed E-state index contributed by atoms with van der Waals surface area (Å²) in [6.45, 7) is 0. The van der Waals surface area contributed by atoms with Gasteiger partial charge in [0.25, 0.3) is 0 Å². The van der Waals surface area contributed by atoms with Crippen LogP contribution < -0.4 is 10.1 Å². The van der Waals surface area contributed by atoms with Crippen LogP contribution in [0.5, 0.6) is 5.75 Å². The van der Waals surface area contributed by atoms with Gasteiger partial charge in [-0.25, -0.2) is 8.78 Å². The molecule has 0 aliphatic heterocycles. The van der Waals surface area contributed by atoms with Gasteiger partial charge in [0.1, 0.15) is 17.4 Å². The zero-order chi connectivity index (χ0) is 14.7. The Morgan fingerprint density at radius 2 is 1.90 bits per heavy atom. The molecule has 0 bridgehead atoms. The van der Waals surface area contributed by atoms with Crippen LogP contribution in [-0.4, -0.2) is 14.2 Å². The largest absolute Gasteiger partial charge is 0.496 e. The molecule has 106 valence electrons. The maximum absolute atomic E-state index is 13.5. The summed E-state index contributed by atoms with van der Waals surface area (Å²) < 4.78 is 32.0. The highest BCUT2D eigenvalue weighted by atomic mass is 35.5. The summed E-state index contributed by atoms with van der Waals surface area (Å²) >= 11 is 5.80. The molecule has 1 unspecified atom stereocenters. The van der Waals surface area contributed by atoms with Crippen LogP contribution in [0.25, 0.3) is 0 Å². The first-order chi connectivity index (χ1) is 9.56.